The summed E-state index contributed by atoms with van der Waals surface area (Å²) in [5, 5.41) is 3.08. The number of hydrogen-bond donors (Lipinski definition) is 1. The minimum absolute atomic E-state index is 0.0270. The van der Waals surface area contributed by atoms with Gasteiger partial charge in [-0.15, -0.1) is 0 Å². The lowest BCUT2D eigenvalue weighted by Gasteiger charge is -2.21. The SMILES string of the molecule is CC(C)CC(NC(=O)COc1ccc(N2CCCC2=O)cc1)c1ccccc1. The molecule has 1 fully saturated rings. The van der Waals surface area contributed by atoms with Crippen molar-refractivity contribution in [2.45, 2.75) is 39.2 Å². The van der Waals surface area contributed by atoms with Crippen LogP contribution >= 0.6 is 0 Å². The highest BCUT2D eigenvalue weighted by atomic mass is 16.5. The van der Waals surface area contributed by atoms with Crippen LogP contribution in [0.25, 0.3) is 0 Å². The summed E-state index contributed by atoms with van der Waals surface area (Å²) < 4.78 is 5.64. The van der Waals surface area contributed by atoms with Crippen LogP contribution in [0, 0.1) is 5.92 Å². The quantitative estimate of drug-likeness (QED) is 0.750. The van der Waals surface area contributed by atoms with E-state index in [0.717, 1.165) is 30.6 Å². The summed E-state index contributed by atoms with van der Waals surface area (Å²) in [5.41, 5.74) is 1.98. The molecule has 2 amide bonds. The van der Waals surface area contributed by atoms with E-state index >= 15 is 0 Å². The third-order valence-corrected chi connectivity index (χ3v) is 4.84. The Morgan fingerprint density at radius 2 is 1.82 bits per heavy atom. The zero-order chi connectivity index (χ0) is 19.9. The number of carbonyl (C=O) groups is 2. The highest BCUT2D eigenvalue weighted by Crippen LogP contribution is 2.24. The minimum Gasteiger partial charge on any atom is -0.484 e. The van der Waals surface area contributed by atoms with Crippen molar-refractivity contribution >= 4 is 17.5 Å². The third-order valence-electron chi connectivity index (χ3n) is 4.84. The van der Waals surface area contributed by atoms with E-state index in [4.69, 9.17) is 4.74 Å². The summed E-state index contributed by atoms with van der Waals surface area (Å²) in [6.45, 7) is 5.01. The lowest BCUT2D eigenvalue weighted by atomic mass is 9.97. The number of nitrogens with one attached hydrogen (secondary N) is 1. The molecule has 148 valence electrons. The first-order valence-electron chi connectivity index (χ1n) is 9.90. The van der Waals surface area contributed by atoms with E-state index in [0.29, 0.717) is 18.1 Å². The number of amides is 2. The lowest BCUT2D eigenvalue weighted by molar-refractivity contribution is -0.124. The highest BCUT2D eigenvalue weighted by Gasteiger charge is 2.21. The van der Waals surface area contributed by atoms with Gasteiger partial charge in [0.25, 0.3) is 5.91 Å². The molecule has 1 heterocycles. The predicted octanol–water partition coefficient (Wildman–Crippen LogP) is 4.10. The monoisotopic (exact) mass is 380 g/mol. The summed E-state index contributed by atoms with van der Waals surface area (Å²) in [5.74, 6) is 1.09. The van der Waals surface area contributed by atoms with Gasteiger partial charge in [0.2, 0.25) is 5.91 Å². The van der Waals surface area contributed by atoms with E-state index in [1.54, 1.807) is 17.0 Å². The van der Waals surface area contributed by atoms with E-state index in [1.807, 2.05) is 42.5 Å². The number of ether oxygens (including phenoxy) is 1. The van der Waals surface area contributed by atoms with Gasteiger partial charge < -0.3 is 15.0 Å². The second kappa shape index (κ2) is 9.40. The molecule has 1 N–H and O–H groups in total. The first-order chi connectivity index (χ1) is 13.5. The maximum Gasteiger partial charge on any atom is 0.258 e. The van der Waals surface area contributed by atoms with Crippen molar-refractivity contribution in [3.05, 3.63) is 60.2 Å². The van der Waals surface area contributed by atoms with Crippen LogP contribution in [0.2, 0.25) is 0 Å². The van der Waals surface area contributed by atoms with Gasteiger partial charge in [-0.25, -0.2) is 0 Å². The number of nitrogens with zero attached hydrogens (tertiary/aromatic N) is 1. The summed E-state index contributed by atoms with van der Waals surface area (Å²) in [7, 11) is 0. The van der Waals surface area contributed by atoms with Gasteiger partial charge >= 0.3 is 0 Å². The molecule has 0 bridgehead atoms. The van der Waals surface area contributed by atoms with Crippen LogP contribution in [0.5, 0.6) is 5.75 Å². The molecule has 28 heavy (non-hydrogen) atoms. The number of hydrogen-bond acceptors (Lipinski definition) is 3. The molecular weight excluding hydrogens is 352 g/mol. The summed E-state index contributed by atoms with van der Waals surface area (Å²) in [6, 6.07) is 17.3. The average Bonchev–Trinajstić information content (AvgIpc) is 3.12. The molecule has 2 aromatic rings. The number of anilines is 1. The molecule has 1 aliphatic rings. The molecule has 2 aromatic carbocycles. The van der Waals surface area contributed by atoms with Crippen LogP contribution in [-0.4, -0.2) is 25.0 Å². The van der Waals surface area contributed by atoms with Crippen molar-refractivity contribution in [1.29, 1.82) is 0 Å². The van der Waals surface area contributed by atoms with E-state index in [2.05, 4.69) is 19.2 Å². The average molecular weight is 380 g/mol. The Hall–Kier alpha value is -2.82. The van der Waals surface area contributed by atoms with Crippen molar-refractivity contribution in [1.82, 2.24) is 5.32 Å². The zero-order valence-corrected chi connectivity index (χ0v) is 16.6. The van der Waals surface area contributed by atoms with Gasteiger partial charge in [0.15, 0.2) is 6.61 Å². The van der Waals surface area contributed by atoms with Crippen LogP contribution in [-0.2, 0) is 9.59 Å². The van der Waals surface area contributed by atoms with Crippen molar-refractivity contribution in [2.24, 2.45) is 5.92 Å². The van der Waals surface area contributed by atoms with Crippen LogP contribution in [0.3, 0.4) is 0 Å². The first-order valence-corrected chi connectivity index (χ1v) is 9.90. The molecular formula is C23H28N2O3. The third kappa shape index (κ3) is 5.35. The summed E-state index contributed by atoms with van der Waals surface area (Å²) >= 11 is 0. The van der Waals surface area contributed by atoms with Gasteiger partial charge in [-0.1, -0.05) is 44.2 Å². The van der Waals surface area contributed by atoms with Gasteiger partial charge in [-0.3, -0.25) is 9.59 Å². The molecule has 0 radical (unpaired) electrons. The lowest BCUT2D eigenvalue weighted by Crippen LogP contribution is -2.33. The second-order valence-corrected chi connectivity index (χ2v) is 7.59. The fourth-order valence-corrected chi connectivity index (χ4v) is 3.46. The zero-order valence-electron chi connectivity index (χ0n) is 16.6. The van der Waals surface area contributed by atoms with Gasteiger partial charge in [0, 0.05) is 18.7 Å². The molecule has 0 aliphatic carbocycles. The summed E-state index contributed by atoms with van der Waals surface area (Å²) in [6.07, 6.45) is 2.38. The van der Waals surface area contributed by atoms with Gasteiger partial charge in [0.05, 0.1) is 6.04 Å². The van der Waals surface area contributed by atoms with Gasteiger partial charge in [-0.05, 0) is 48.6 Å². The first kappa shape index (κ1) is 19.9. The normalized spacial score (nSPS) is 15.0. The van der Waals surface area contributed by atoms with Gasteiger partial charge in [-0.2, -0.15) is 0 Å². The fourth-order valence-electron chi connectivity index (χ4n) is 3.46. The Balaban J connectivity index is 1.54. The number of carbonyl (C=O) groups excluding carboxylic acids is 2. The second-order valence-electron chi connectivity index (χ2n) is 7.59. The van der Waals surface area contributed by atoms with Crippen LogP contribution in [0.1, 0.15) is 44.7 Å². The fraction of sp³-hybridized carbons (Fsp3) is 0.391. The van der Waals surface area contributed by atoms with E-state index < -0.39 is 0 Å². The van der Waals surface area contributed by atoms with E-state index in [-0.39, 0.29) is 24.5 Å². The molecule has 1 unspecified atom stereocenters. The molecule has 0 saturated carbocycles. The van der Waals surface area contributed by atoms with E-state index in [1.165, 1.54) is 0 Å². The molecule has 5 heteroatoms. The Labute approximate surface area is 166 Å². The maximum absolute atomic E-state index is 12.4. The Kier molecular flexibility index (Phi) is 6.69. The van der Waals surface area contributed by atoms with E-state index in [9.17, 15) is 9.59 Å². The van der Waals surface area contributed by atoms with Crippen LogP contribution < -0.4 is 15.0 Å². The van der Waals surface area contributed by atoms with Crippen LogP contribution in [0.4, 0.5) is 5.69 Å². The van der Waals surface area contributed by atoms with Crippen molar-refractivity contribution < 1.29 is 14.3 Å². The van der Waals surface area contributed by atoms with Crippen molar-refractivity contribution in [3.8, 4) is 5.75 Å². The van der Waals surface area contributed by atoms with Crippen LogP contribution in [0.15, 0.2) is 54.6 Å². The molecule has 0 aromatic heterocycles. The Bertz CT molecular complexity index is 787. The molecule has 1 saturated heterocycles. The van der Waals surface area contributed by atoms with Gasteiger partial charge in [0.1, 0.15) is 5.75 Å². The molecule has 3 rings (SSSR count). The number of benzene rings is 2. The number of rotatable bonds is 8. The molecule has 0 spiro atoms. The van der Waals surface area contributed by atoms with Crippen molar-refractivity contribution in [3.63, 3.8) is 0 Å². The highest BCUT2D eigenvalue weighted by molar-refractivity contribution is 5.95. The summed E-state index contributed by atoms with van der Waals surface area (Å²) in [4.78, 5) is 26.0. The topological polar surface area (TPSA) is 58.6 Å². The molecule has 1 aliphatic heterocycles. The molecule has 1 atom stereocenters. The van der Waals surface area contributed by atoms with Crippen molar-refractivity contribution in [2.75, 3.05) is 18.1 Å². The largest absolute Gasteiger partial charge is 0.484 e. The Morgan fingerprint density at radius 1 is 1.11 bits per heavy atom. The smallest absolute Gasteiger partial charge is 0.258 e. The maximum atomic E-state index is 12.4. The molecule has 5 nitrogen and oxygen atoms in total. The predicted molar refractivity (Wildman–Crippen MR) is 110 cm³/mol. The Morgan fingerprint density at radius 3 is 2.43 bits per heavy atom. The standard InChI is InChI=1S/C23H28N2O3/c1-17(2)15-21(18-7-4-3-5-8-18)24-22(26)16-28-20-12-10-19(11-13-20)25-14-6-9-23(25)27/h3-5,7-8,10-13,17,21H,6,9,14-16H2,1-2H3,(H,24,26). The minimum atomic E-state index is -0.145.